The lowest BCUT2D eigenvalue weighted by Crippen LogP contribution is -2.50. The molecule has 1 aliphatic rings. The van der Waals surface area contributed by atoms with Crippen molar-refractivity contribution >= 4 is 46.0 Å². The number of pyridine rings is 1. The van der Waals surface area contributed by atoms with Gasteiger partial charge >= 0.3 is 0 Å². The zero-order valence-corrected chi connectivity index (χ0v) is 27.2. The lowest BCUT2D eigenvalue weighted by Gasteiger charge is -2.24. The summed E-state index contributed by atoms with van der Waals surface area (Å²) in [5.74, 6) is -1.99. The van der Waals surface area contributed by atoms with Gasteiger partial charge in [-0.3, -0.25) is 14.4 Å². The van der Waals surface area contributed by atoms with Crippen LogP contribution >= 0.6 is 22.6 Å². The molecule has 1 aliphatic heterocycles. The van der Waals surface area contributed by atoms with Crippen LogP contribution in [0.4, 0.5) is 10.1 Å². The number of nitrogens with zero attached hydrogens (tertiary/aromatic N) is 5. The van der Waals surface area contributed by atoms with E-state index >= 15 is 0 Å². The Hall–Kier alpha value is -5.13. The van der Waals surface area contributed by atoms with Crippen LogP contribution in [0.2, 0.25) is 0 Å². The smallest absolute Gasteiger partial charge is 0.274 e. The lowest BCUT2D eigenvalue weighted by atomic mass is 10.00. The van der Waals surface area contributed by atoms with Gasteiger partial charge in [0.2, 0.25) is 5.82 Å². The minimum absolute atomic E-state index is 0.00375. The van der Waals surface area contributed by atoms with Gasteiger partial charge in [0.05, 0.1) is 18.7 Å². The van der Waals surface area contributed by atoms with Gasteiger partial charge < -0.3 is 25.4 Å². The summed E-state index contributed by atoms with van der Waals surface area (Å²) in [6.45, 7) is 0.213. The van der Waals surface area contributed by atoms with Crippen LogP contribution in [0.1, 0.15) is 38.1 Å². The van der Waals surface area contributed by atoms with Crippen LogP contribution in [-0.2, 0) is 16.0 Å². The minimum atomic E-state index is -1.68. The summed E-state index contributed by atoms with van der Waals surface area (Å²) in [5.41, 5.74) is 2.35. The summed E-state index contributed by atoms with van der Waals surface area (Å²) in [4.78, 5) is 46.4. The van der Waals surface area contributed by atoms with E-state index < -0.39 is 41.7 Å². The van der Waals surface area contributed by atoms with E-state index in [9.17, 15) is 23.9 Å². The number of anilines is 1. The van der Waals surface area contributed by atoms with Crippen molar-refractivity contribution in [2.45, 2.75) is 24.6 Å². The molecule has 13 nitrogen and oxygen atoms in total. The van der Waals surface area contributed by atoms with Gasteiger partial charge in [-0.15, -0.1) is 10.2 Å². The van der Waals surface area contributed by atoms with Crippen molar-refractivity contribution in [2.24, 2.45) is 0 Å². The molecule has 1 saturated heterocycles. The molecule has 0 aliphatic carbocycles. The fourth-order valence-electron chi connectivity index (χ4n) is 5.25. The molecule has 3 amide bonds. The Labute approximate surface area is 287 Å². The zero-order chi connectivity index (χ0) is 33.6. The number of ether oxygens (including phenoxy) is 1. The maximum absolute atomic E-state index is 13.6. The maximum atomic E-state index is 13.6. The predicted molar refractivity (Wildman–Crippen MR) is 179 cm³/mol. The number of hydrogen-bond donors (Lipinski definition) is 4. The number of aromatic nitrogens is 5. The third-order valence-corrected chi connectivity index (χ3v) is 8.26. The average molecular weight is 763 g/mol. The number of H-pyrrole nitrogens is 1. The number of carbonyl (C=O) groups excluding carboxylic acids is 3. The van der Waals surface area contributed by atoms with E-state index in [2.05, 4.69) is 36.2 Å². The van der Waals surface area contributed by atoms with E-state index in [4.69, 9.17) is 4.74 Å². The Morgan fingerprint density at radius 2 is 1.79 bits per heavy atom. The van der Waals surface area contributed by atoms with Gasteiger partial charge in [0.1, 0.15) is 23.9 Å². The van der Waals surface area contributed by atoms with E-state index in [-0.39, 0.29) is 31.1 Å². The molecule has 15 heteroatoms. The number of hydrogen-bond acceptors (Lipinski definition) is 9. The Kier molecular flexibility index (Phi) is 10.1. The Balaban J connectivity index is 1.21. The molecule has 1 fully saturated rings. The molecular formula is C33H28FIN8O5. The van der Waals surface area contributed by atoms with Crippen molar-refractivity contribution < 1.29 is 28.6 Å². The van der Waals surface area contributed by atoms with Gasteiger partial charge in [-0.05, 0) is 81.8 Å². The summed E-state index contributed by atoms with van der Waals surface area (Å²) < 4.78 is 19.6. The molecule has 244 valence electrons. The van der Waals surface area contributed by atoms with E-state index in [0.29, 0.717) is 26.2 Å². The number of amides is 3. The van der Waals surface area contributed by atoms with Crippen LogP contribution < -0.4 is 10.6 Å². The van der Waals surface area contributed by atoms with Crippen LogP contribution in [0.25, 0.3) is 11.4 Å². The van der Waals surface area contributed by atoms with Crippen LogP contribution in [0.15, 0.2) is 91.0 Å². The third kappa shape index (κ3) is 7.70. The van der Waals surface area contributed by atoms with Crippen molar-refractivity contribution in [3.8, 4) is 11.4 Å². The largest absolute Gasteiger partial charge is 0.381 e. The first-order chi connectivity index (χ1) is 23.2. The second-order valence-electron chi connectivity index (χ2n) is 10.9. The van der Waals surface area contributed by atoms with Crippen molar-refractivity contribution in [3.63, 3.8) is 0 Å². The number of aromatic amines is 1. The Morgan fingerprint density at radius 1 is 1.02 bits per heavy atom. The molecule has 0 spiro atoms. The highest BCUT2D eigenvalue weighted by Gasteiger charge is 2.33. The number of aliphatic hydroxyl groups excluding tert-OH is 1. The number of rotatable bonds is 10. The Bertz CT molecular complexity index is 1910. The second kappa shape index (κ2) is 14.7. The molecule has 6 rings (SSSR count). The topological polar surface area (TPSA) is 175 Å². The molecule has 0 saturated carbocycles. The molecule has 5 aromatic rings. The summed E-state index contributed by atoms with van der Waals surface area (Å²) in [6.07, 6.45) is -1.56. The van der Waals surface area contributed by atoms with Crippen molar-refractivity contribution in [1.82, 2.24) is 35.8 Å². The quantitative estimate of drug-likeness (QED) is 0.155. The first-order valence-corrected chi connectivity index (χ1v) is 15.8. The molecule has 0 bridgehead atoms. The van der Waals surface area contributed by atoms with Gasteiger partial charge in [0.25, 0.3) is 17.7 Å². The number of tetrazole rings is 1. The molecule has 3 atom stereocenters. The molecule has 48 heavy (non-hydrogen) atoms. The third-order valence-electron chi connectivity index (χ3n) is 7.64. The van der Waals surface area contributed by atoms with Crippen molar-refractivity contribution in [2.75, 3.05) is 18.7 Å². The van der Waals surface area contributed by atoms with E-state index in [0.717, 1.165) is 5.56 Å². The molecular weight excluding hydrogens is 734 g/mol. The summed E-state index contributed by atoms with van der Waals surface area (Å²) in [6, 6.07) is 23.1. The standard InChI is InChI=1S/C33H28FIN8O5/c34-22-11-9-20(10-12-22)28-17-48-18-43(28)33(47)27-16-23(35)15-26(37-27)31(45)38-25(13-19-5-2-1-3-6-19)29(44)32(46)36-24-8-4-7-21(14-24)30-39-41-42-40-30/h1-12,14-16,25,28-29,44H,13,17-18H2,(H,36,46)(H,38,45)(H,39,40,41,42)/t25-,28+,29-/m0/s1. The highest BCUT2D eigenvalue weighted by atomic mass is 127. The average Bonchev–Trinajstić information content (AvgIpc) is 3.82. The van der Waals surface area contributed by atoms with Crippen LogP contribution in [0.5, 0.6) is 0 Å². The first-order valence-electron chi connectivity index (χ1n) is 14.7. The van der Waals surface area contributed by atoms with Crippen molar-refractivity contribution in [3.05, 3.63) is 123 Å². The molecule has 4 N–H and O–H groups in total. The number of benzene rings is 3. The SMILES string of the molecule is O=C(N[C@@H](Cc1ccccc1)[C@H](O)C(=O)Nc1cccc(-c2nn[nH]n2)c1)c1cc(I)cc(C(=O)N2COC[C@@H]2c2ccc(F)cc2)n1. The fraction of sp³-hybridized carbons (Fsp3) is 0.182. The van der Waals surface area contributed by atoms with E-state index in [1.807, 2.05) is 52.9 Å². The van der Waals surface area contributed by atoms with Gasteiger partial charge in [-0.25, -0.2) is 9.37 Å². The zero-order valence-electron chi connectivity index (χ0n) is 25.1. The summed E-state index contributed by atoms with van der Waals surface area (Å²) in [5, 5.41) is 30.5. The van der Waals surface area contributed by atoms with Gasteiger partial charge in [0.15, 0.2) is 6.10 Å². The molecule has 0 unspecified atom stereocenters. The van der Waals surface area contributed by atoms with E-state index in [1.165, 1.54) is 23.1 Å². The molecule has 0 radical (unpaired) electrons. The van der Waals surface area contributed by atoms with Gasteiger partial charge in [-0.1, -0.05) is 54.6 Å². The second-order valence-corrected chi connectivity index (χ2v) is 12.2. The number of nitrogens with one attached hydrogen (secondary N) is 3. The van der Waals surface area contributed by atoms with Crippen molar-refractivity contribution in [1.29, 1.82) is 0 Å². The normalized spacial score (nSPS) is 15.5. The fourth-order valence-corrected chi connectivity index (χ4v) is 5.84. The molecule has 3 aromatic carbocycles. The van der Waals surface area contributed by atoms with Crippen LogP contribution in [0.3, 0.4) is 0 Å². The number of aliphatic hydroxyl groups is 1. The molecule has 3 heterocycles. The number of halogens is 2. The van der Waals surface area contributed by atoms with Gasteiger partial charge in [0, 0.05) is 14.8 Å². The molecule has 2 aromatic heterocycles. The number of carbonyl (C=O) groups is 3. The van der Waals surface area contributed by atoms with Gasteiger partial charge in [-0.2, -0.15) is 5.21 Å². The lowest BCUT2D eigenvalue weighted by molar-refractivity contribution is -0.125. The van der Waals surface area contributed by atoms with Crippen LogP contribution in [0, 0.1) is 9.39 Å². The predicted octanol–water partition coefficient (Wildman–Crippen LogP) is 3.52. The highest BCUT2D eigenvalue weighted by Crippen LogP contribution is 2.28. The maximum Gasteiger partial charge on any atom is 0.274 e. The van der Waals surface area contributed by atoms with E-state index in [1.54, 1.807) is 42.5 Å². The Morgan fingerprint density at radius 3 is 2.54 bits per heavy atom. The summed E-state index contributed by atoms with van der Waals surface area (Å²) >= 11 is 1.98. The summed E-state index contributed by atoms with van der Waals surface area (Å²) in [7, 11) is 0. The minimum Gasteiger partial charge on any atom is -0.381 e. The van der Waals surface area contributed by atoms with Crippen LogP contribution in [-0.4, -0.2) is 78.8 Å². The first kappa shape index (κ1) is 32.8. The highest BCUT2D eigenvalue weighted by molar-refractivity contribution is 14.1. The monoisotopic (exact) mass is 762 g/mol.